The first-order valence-electron chi connectivity index (χ1n) is 8.82. The minimum atomic E-state index is -0.346. The number of ketones is 2. The van der Waals surface area contributed by atoms with Gasteiger partial charge in [0.2, 0.25) is 11.6 Å². The molecular formula is C24H16ClNO2. The number of Topliss-reactive ketones (excluding diaryl/α,β-unsaturated/α-hetero) is 2. The molecule has 1 aliphatic rings. The molecule has 0 aromatic heterocycles. The van der Waals surface area contributed by atoms with Gasteiger partial charge in [0.1, 0.15) is 10.7 Å². The van der Waals surface area contributed by atoms with Gasteiger partial charge in [0.25, 0.3) is 0 Å². The van der Waals surface area contributed by atoms with Gasteiger partial charge in [-0.25, -0.2) is 0 Å². The van der Waals surface area contributed by atoms with E-state index in [0.717, 1.165) is 11.1 Å². The quantitative estimate of drug-likeness (QED) is 0.577. The van der Waals surface area contributed by atoms with Crippen LogP contribution in [0.5, 0.6) is 0 Å². The number of fused-ring (bicyclic) bond motifs is 1. The molecule has 136 valence electrons. The predicted molar refractivity (Wildman–Crippen MR) is 113 cm³/mol. The minimum absolute atomic E-state index is 0.0863. The van der Waals surface area contributed by atoms with Crippen molar-refractivity contribution >= 4 is 41.0 Å². The maximum absolute atomic E-state index is 12.7. The van der Waals surface area contributed by atoms with E-state index in [0.29, 0.717) is 16.8 Å². The summed E-state index contributed by atoms with van der Waals surface area (Å²) < 4.78 is 0. The molecule has 0 amide bonds. The molecule has 0 atom stereocenters. The first-order chi connectivity index (χ1) is 13.6. The Morgan fingerprint density at radius 2 is 1.18 bits per heavy atom. The number of benzene rings is 3. The molecule has 1 N–H and O–H groups in total. The molecule has 0 unspecified atom stereocenters. The Bertz CT molecular complexity index is 1110. The van der Waals surface area contributed by atoms with Gasteiger partial charge in [0, 0.05) is 16.8 Å². The molecule has 28 heavy (non-hydrogen) atoms. The zero-order valence-electron chi connectivity index (χ0n) is 14.9. The number of hydrogen-bond donors (Lipinski definition) is 1. The summed E-state index contributed by atoms with van der Waals surface area (Å²) in [7, 11) is 0. The van der Waals surface area contributed by atoms with Gasteiger partial charge in [-0.2, -0.15) is 0 Å². The van der Waals surface area contributed by atoms with Crippen molar-refractivity contribution < 1.29 is 9.59 Å². The molecule has 0 aliphatic heterocycles. The predicted octanol–water partition coefficient (Wildman–Crippen LogP) is 5.80. The van der Waals surface area contributed by atoms with Crippen molar-refractivity contribution in [3.8, 4) is 0 Å². The highest BCUT2D eigenvalue weighted by molar-refractivity contribution is 6.50. The van der Waals surface area contributed by atoms with Gasteiger partial charge in [-0.15, -0.1) is 0 Å². The highest BCUT2D eigenvalue weighted by Crippen LogP contribution is 2.29. The average molecular weight is 386 g/mol. The molecule has 0 radical (unpaired) electrons. The summed E-state index contributed by atoms with van der Waals surface area (Å²) in [4.78, 5) is 25.2. The summed E-state index contributed by atoms with van der Waals surface area (Å²) in [6.45, 7) is 0. The second-order valence-corrected chi connectivity index (χ2v) is 6.76. The Hall–Kier alpha value is -3.43. The van der Waals surface area contributed by atoms with Gasteiger partial charge in [-0.1, -0.05) is 90.5 Å². The summed E-state index contributed by atoms with van der Waals surface area (Å²) in [6.07, 6.45) is 4.04. The van der Waals surface area contributed by atoms with Crippen LogP contribution in [0.3, 0.4) is 0 Å². The fourth-order valence-electron chi connectivity index (χ4n) is 3.04. The van der Waals surface area contributed by atoms with Gasteiger partial charge in [0.05, 0.1) is 0 Å². The number of rotatable bonds is 4. The maximum atomic E-state index is 12.7. The van der Waals surface area contributed by atoms with E-state index in [1.807, 2.05) is 66.7 Å². The van der Waals surface area contributed by atoms with Crippen LogP contribution in [0, 0.1) is 0 Å². The molecular weight excluding hydrogens is 370 g/mol. The lowest BCUT2D eigenvalue weighted by atomic mass is 9.92. The highest BCUT2D eigenvalue weighted by atomic mass is 35.5. The summed E-state index contributed by atoms with van der Waals surface area (Å²) in [6, 6.07) is 24.3. The van der Waals surface area contributed by atoms with E-state index in [1.165, 1.54) is 0 Å². The average Bonchev–Trinajstić information content (AvgIpc) is 2.75. The lowest BCUT2D eigenvalue weighted by Gasteiger charge is -2.19. The Labute approximate surface area is 168 Å². The second kappa shape index (κ2) is 7.67. The molecule has 0 bridgehead atoms. The van der Waals surface area contributed by atoms with Gasteiger partial charge >= 0.3 is 0 Å². The Morgan fingerprint density at radius 3 is 1.82 bits per heavy atom. The molecule has 0 heterocycles. The van der Waals surface area contributed by atoms with Crippen LogP contribution < -0.4 is 5.32 Å². The molecule has 3 aromatic rings. The molecule has 4 rings (SSSR count). The van der Waals surface area contributed by atoms with Crippen molar-refractivity contribution in [1.29, 1.82) is 0 Å². The number of anilines is 1. The van der Waals surface area contributed by atoms with E-state index in [2.05, 4.69) is 5.32 Å². The SMILES string of the molecule is O=C1C(Cl)=C(Nc2ccc(/C=C/c3ccccc3)cc2)C(=O)c2ccccc21. The van der Waals surface area contributed by atoms with Gasteiger partial charge in [0.15, 0.2) is 0 Å². The molecule has 0 spiro atoms. The number of allylic oxidation sites excluding steroid dienone is 2. The maximum Gasteiger partial charge on any atom is 0.211 e. The van der Waals surface area contributed by atoms with Gasteiger partial charge in [-0.05, 0) is 23.3 Å². The second-order valence-electron chi connectivity index (χ2n) is 6.38. The van der Waals surface area contributed by atoms with E-state index in [1.54, 1.807) is 24.3 Å². The fourth-order valence-corrected chi connectivity index (χ4v) is 3.27. The van der Waals surface area contributed by atoms with Crippen molar-refractivity contribution in [3.63, 3.8) is 0 Å². The molecule has 0 saturated carbocycles. The van der Waals surface area contributed by atoms with Crippen LogP contribution in [0.2, 0.25) is 0 Å². The van der Waals surface area contributed by atoms with E-state index in [-0.39, 0.29) is 22.3 Å². The third-order valence-corrected chi connectivity index (χ3v) is 4.87. The van der Waals surface area contributed by atoms with E-state index >= 15 is 0 Å². The normalized spacial score (nSPS) is 13.8. The van der Waals surface area contributed by atoms with Crippen molar-refractivity contribution in [2.75, 3.05) is 5.32 Å². The standard InChI is InChI=1S/C24H16ClNO2/c25-21-22(24(28)20-9-5-4-8-19(20)23(21)27)26-18-14-12-17(13-15-18)11-10-16-6-2-1-3-7-16/h1-15,26H/b11-10+. The van der Waals surface area contributed by atoms with Crippen LogP contribution in [0.4, 0.5) is 5.69 Å². The third kappa shape index (κ3) is 3.53. The highest BCUT2D eigenvalue weighted by Gasteiger charge is 2.31. The van der Waals surface area contributed by atoms with Crippen molar-refractivity contribution in [1.82, 2.24) is 0 Å². The van der Waals surface area contributed by atoms with E-state index in [4.69, 9.17) is 11.6 Å². The van der Waals surface area contributed by atoms with Gasteiger partial charge in [-0.3, -0.25) is 9.59 Å². The van der Waals surface area contributed by atoms with Crippen LogP contribution in [0.1, 0.15) is 31.8 Å². The lowest BCUT2D eigenvalue weighted by molar-refractivity contribution is 0.0982. The van der Waals surface area contributed by atoms with Crippen molar-refractivity contribution in [2.45, 2.75) is 0 Å². The van der Waals surface area contributed by atoms with Crippen molar-refractivity contribution in [2.24, 2.45) is 0 Å². The van der Waals surface area contributed by atoms with Crippen LogP contribution in [0.15, 0.2) is 89.6 Å². The zero-order valence-corrected chi connectivity index (χ0v) is 15.6. The number of carbonyl (C=O) groups is 2. The Kier molecular flexibility index (Phi) is 4.92. The van der Waals surface area contributed by atoms with Crippen LogP contribution in [-0.4, -0.2) is 11.6 Å². The molecule has 0 saturated heterocycles. The fraction of sp³-hybridized carbons (Fsp3) is 0. The topological polar surface area (TPSA) is 46.2 Å². The zero-order chi connectivity index (χ0) is 19.5. The van der Waals surface area contributed by atoms with E-state index < -0.39 is 0 Å². The van der Waals surface area contributed by atoms with Gasteiger partial charge < -0.3 is 5.32 Å². The largest absolute Gasteiger partial charge is 0.351 e. The number of carbonyl (C=O) groups excluding carboxylic acids is 2. The van der Waals surface area contributed by atoms with Crippen LogP contribution >= 0.6 is 11.6 Å². The molecule has 3 aromatic carbocycles. The summed E-state index contributed by atoms with van der Waals surface area (Å²) in [5.74, 6) is -0.630. The van der Waals surface area contributed by atoms with Crippen LogP contribution in [0.25, 0.3) is 12.2 Å². The third-order valence-electron chi connectivity index (χ3n) is 4.51. The molecule has 1 aliphatic carbocycles. The summed E-state index contributed by atoms with van der Waals surface area (Å²) in [5.41, 5.74) is 3.63. The first-order valence-corrected chi connectivity index (χ1v) is 9.20. The minimum Gasteiger partial charge on any atom is -0.351 e. The number of halogens is 1. The molecule has 4 heteroatoms. The Morgan fingerprint density at radius 1 is 0.643 bits per heavy atom. The van der Waals surface area contributed by atoms with Crippen molar-refractivity contribution in [3.05, 3.63) is 112 Å². The smallest absolute Gasteiger partial charge is 0.211 e. The van der Waals surface area contributed by atoms with Crippen LogP contribution in [-0.2, 0) is 0 Å². The number of hydrogen-bond acceptors (Lipinski definition) is 3. The first kappa shape index (κ1) is 18.0. The Balaban J connectivity index is 1.55. The molecule has 3 nitrogen and oxygen atoms in total. The number of nitrogens with one attached hydrogen (secondary N) is 1. The molecule has 0 fully saturated rings. The monoisotopic (exact) mass is 385 g/mol. The summed E-state index contributed by atoms with van der Waals surface area (Å²) in [5, 5.41) is 2.92. The van der Waals surface area contributed by atoms with E-state index in [9.17, 15) is 9.59 Å². The lowest BCUT2D eigenvalue weighted by Crippen LogP contribution is -2.24. The summed E-state index contributed by atoms with van der Waals surface area (Å²) >= 11 is 6.19.